The van der Waals surface area contributed by atoms with E-state index in [1.54, 1.807) is 28.4 Å². The zero-order chi connectivity index (χ0) is 20.8. The molecule has 0 fully saturated rings. The van der Waals surface area contributed by atoms with Gasteiger partial charge in [0.15, 0.2) is 23.0 Å². The normalized spacial score (nSPS) is 24.5. The molecule has 3 atom stereocenters. The smallest absolute Gasteiger partial charge is 0.231 e. The Labute approximate surface area is 170 Å². The molecule has 0 radical (unpaired) electrons. The van der Waals surface area contributed by atoms with Crippen LogP contribution in [0.4, 0.5) is 0 Å². The van der Waals surface area contributed by atoms with Crippen LogP contribution < -0.4 is 28.4 Å². The van der Waals surface area contributed by atoms with Gasteiger partial charge in [-0.2, -0.15) is 0 Å². The van der Waals surface area contributed by atoms with E-state index in [-0.39, 0.29) is 18.6 Å². The fraction of sp³-hybridized carbons (Fsp3) is 0.455. The van der Waals surface area contributed by atoms with E-state index in [1.165, 1.54) is 0 Å². The summed E-state index contributed by atoms with van der Waals surface area (Å²) in [5.41, 5.74) is 1.92. The average Bonchev–Trinajstić information content (AvgIpc) is 3.19. The Kier molecular flexibility index (Phi) is 4.86. The van der Waals surface area contributed by atoms with Crippen LogP contribution in [0.15, 0.2) is 24.3 Å². The zero-order valence-electron chi connectivity index (χ0n) is 17.5. The second-order valence-electron chi connectivity index (χ2n) is 7.26. The maximum atomic E-state index is 6.28. The van der Waals surface area contributed by atoms with Gasteiger partial charge in [-0.1, -0.05) is 13.0 Å². The Morgan fingerprint density at radius 3 is 2.17 bits per heavy atom. The van der Waals surface area contributed by atoms with Crippen LogP contribution in [-0.4, -0.2) is 41.0 Å². The van der Waals surface area contributed by atoms with Crippen LogP contribution >= 0.6 is 0 Å². The van der Waals surface area contributed by atoms with E-state index in [0.29, 0.717) is 34.5 Å². The molecule has 0 saturated carbocycles. The minimum atomic E-state index is -0.844. The number of methoxy groups -OCH3 is 4. The maximum Gasteiger partial charge on any atom is 0.231 e. The maximum absolute atomic E-state index is 6.28. The molecular formula is C22H26O7. The molecule has 0 aliphatic carbocycles. The number of hydrogen-bond acceptors (Lipinski definition) is 7. The van der Waals surface area contributed by atoms with Crippen LogP contribution in [0.2, 0.25) is 0 Å². The molecule has 2 aromatic rings. The number of ether oxygens (including phenoxy) is 7. The summed E-state index contributed by atoms with van der Waals surface area (Å²) >= 11 is 0. The molecule has 2 aliphatic heterocycles. The summed E-state index contributed by atoms with van der Waals surface area (Å²) in [6.07, 6.45) is 0. The SMILES string of the molecule is COc1ccc([C@@H]2c3cc4c(cc3OC(C)(OC)[C@H]2C)OCO4)c(OC)c1OC. The van der Waals surface area contributed by atoms with E-state index in [4.69, 9.17) is 33.2 Å². The second-order valence-corrected chi connectivity index (χ2v) is 7.26. The van der Waals surface area contributed by atoms with Crippen molar-refractivity contribution in [3.8, 4) is 34.5 Å². The van der Waals surface area contributed by atoms with Crippen LogP contribution in [0.1, 0.15) is 30.9 Å². The minimum Gasteiger partial charge on any atom is -0.493 e. The summed E-state index contributed by atoms with van der Waals surface area (Å²) in [4.78, 5) is 0. The highest BCUT2D eigenvalue weighted by Crippen LogP contribution is 2.55. The fourth-order valence-corrected chi connectivity index (χ4v) is 4.19. The molecule has 7 nitrogen and oxygen atoms in total. The molecule has 29 heavy (non-hydrogen) atoms. The Morgan fingerprint density at radius 1 is 0.862 bits per heavy atom. The summed E-state index contributed by atoms with van der Waals surface area (Å²) in [5, 5.41) is 0. The van der Waals surface area contributed by atoms with Crippen molar-refractivity contribution in [2.75, 3.05) is 35.2 Å². The molecule has 1 unspecified atom stereocenters. The van der Waals surface area contributed by atoms with Gasteiger partial charge in [-0.05, 0) is 12.1 Å². The highest BCUT2D eigenvalue weighted by Gasteiger charge is 2.47. The minimum absolute atomic E-state index is 0.0487. The van der Waals surface area contributed by atoms with Crippen LogP contribution in [0.3, 0.4) is 0 Å². The molecule has 0 saturated heterocycles. The van der Waals surface area contributed by atoms with Crippen molar-refractivity contribution in [3.63, 3.8) is 0 Å². The molecule has 0 bridgehead atoms. The molecule has 0 aromatic heterocycles. The van der Waals surface area contributed by atoms with E-state index < -0.39 is 5.79 Å². The Morgan fingerprint density at radius 2 is 1.55 bits per heavy atom. The Bertz CT molecular complexity index is 926. The van der Waals surface area contributed by atoms with Crippen molar-refractivity contribution >= 4 is 0 Å². The lowest BCUT2D eigenvalue weighted by Gasteiger charge is -2.44. The fourth-order valence-electron chi connectivity index (χ4n) is 4.19. The standard InChI is InChI=1S/C22H26O7/c1-12-19(13-7-8-15(23-3)21(25-5)20(13)24-4)14-9-17-18(28-11-27-17)10-16(14)29-22(12,2)26-6/h7-10,12,19H,11H2,1-6H3/t12-,19+,22?/m0/s1. The van der Waals surface area contributed by atoms with Gasteiger partial charge in [-0.25, -0.2) is 0 Å². The lowest BCUT2D eigenvalue weighted by atomic mass is 9.75. The first-order valence-electron chi connectivity index (χ1n) is 9.44. The van der Waals surface area contributed by atoms with Gasteiger partial charge in [0.25, 0.3) is 0 Å². The highest BCUT2D eigenvalue weighted by molar-refractivity contribution is 5.62. The first kappa shape index (κ1) is 19.5. The Hall–Kier alpha value is -2.80. The summed E-state index contributed by atoms with van der Waals surface area (Å²) in [6.45, 7) is 4.23. The summed E-state index contributed by atoms with van der Waals surface area (Å²) in [7, 11) is 6.48. The van der Waals surface area contributed by atoms with Crippen LogP contribution in [0.5, 0.6) is 34.5 Å². The van der Waals surface area contributed by atoms with Crippen LogP contribution in [-0.2, 0) is 4.74 Å². The van der Waals surface area contributed by atoms with Gasteiger partial charge in [0, 0.05) is 43.1 Å². The molecule has 2 aromatic carbocycles. The van der Waals surface area contributed by atoms with E-state index >= 15 is 0 Å². The topological polar surface area (TPSA) is 64.6 Å². The molecule has 156 valence electrons. The predicted molar refractivity (Wildman–Crippen MR) is 106 cm³/mol. The van der Waals surface area contributed by atoms with Crippen molar-refractivity contribution in [2.45, 2.75) is 25.6 Å². The van der Waals surface area contributed by atoms with Gasteiger partial charge in [0.2, 0.25) is 18.3 Å². The van der Waals surface area contributed by atoms with E-state index in [0.717, 1.165) is 11.1 Å². The molecule has 2 aliphatic rings. The van der Waals surface area contributed by atoms with Crippen LogP contribution in [0, 0.1) is 5.92 Å². The molecule has 2 heterocycles. The monoisotopic (exact) mass is 402 g/mol. The summed E-state index contributed by atoms with van der Waals surface area (Å²) < 4.78 is 40.1. The van der Waals surface area contributed by atoms with Gasteiger partial charge < -0.3 is 33.2 Å². The van der Waals surface area contributed by atoms with Crippen molar-refractivity contribution in [1.29, 1.82) is 0 Å². The van der Waals surface area contributed by atoms with Gasteiger partial charge in [-0.3, -0.25) is 0 Å². The number of hydrogen-bond donors (Lipinski definition) is 0. The van der Waals surface area contributed by atoms with Gasteiger partial charge in [0.1, 0.15) is 5.75 Å². The largest absolute Gasteiger partial charge is 0.493 e. The van der Waals surface area contributed by atoms with Crippen LogP contribution in [0.25, 0.3) is 0 Å². The quantitative estimate of drug-likeness (QED) is 0.750. The van der Waals surface area contributed by atoms with Crippen molar-refractivity contribution in [1.82, 2.24) is 0 Å². The van der Waals surface area contributed by atoms with Crippen molar-refractivity contribution in [2.24, 2.45) is 5.92 Å². The second kappa shape index (κ2) is 7.22. The molecule has 0 N–H and O–H groups in total. The van der Waals surface area contributed by atoms with Gasteiger partial charge >= 0.3 is 0 Å². The van der Waals surface area contributed by atoms with E-state index in [2.05, 4.69) is 6.92 Å². The third-order valence-corrected chi connectivity index (χ3v) is 5.95. The third-order valence-electron chi connectivity index (χ3n) is 5.95. The summed E-state index contributed by atoms with van der Waals surface area (Å²) in [6, 6.07) is 7.72. The van der Waals surface area contributed by atoms with Crippen molar-refractivity contribution < 1.29 is 33.2 Å². The van der Waals surface area contributed by atoms with Gasteiger partial charge in [0.05, 0.1) is 21.3 Å². The lowest BCUT2D eigenvalue weighted by molar-refractivity contribution is -0.194. The lowest BCUT2D eigenvalue weighted by Crippen LogP contribution is -2.47. The summed E-state index contributed by atoms with van der Waals surface area (Å²) in [5.74, 6) is 2.83. The first-order valence-corrected chi connectivity index (χ1v) is 9.44. The Balaban J connectivity index is 1.95. The highest BCUT2D eigenvalue weighted by atomic mass is 16.7. The molecule has 0 spiro atoms. The number of benzene rings is 2. The number of rotatable bonds is 5. The molecule has 7 heteroatoms. The average molecular weight is 402 g/mol. The molecular weight excluding hydrogens is 376 g/mol. The van der Waals surface area contributed by atoms with Gasteiger partial charge in [-0.15, -0.1) is 0 Å². The molecule has 4 rings (SSSR count). The van der Waals surface area contributed by atoms with E-state index in [9.17, 15) is 0 Å². The van der Waals surface area contributed by atoms with E-state index in [1.807, 2.05) is 31.2 Å². The predicted octanol–water partition coefficient (Wildman–Crippen LogP) is 3.96. The molecule has 0 amide bonds. The van der Waals surface area contributed by atoms with Crippen molar-refractivity contribution in [3.05, 3.63) is 35.4 Å². The zero-order valence-corrected chi connectivity index (χ0v) is 17.5. The number of fused-ring (bicyclic) bond motifs is 2. The third kappa shape index (κ3) is 2.92. The first-order chi connectivity index (χ1) is 14.0.